The maximum atomic E-state index is 6.10. The molecule has 0 radical (unpaired) electrons. The summed E-state index contributed by atoms with van der Waals surface area (Å²) >= 11 is 6.10. The van der Waals surface area contributed by atoms with Crippen LogP contribution in [0.3, 0.4) is 0 Å². The minimum absolute atomic E-state index is 0.228. The van der Waals surface area contributed by atoms with Gasteiger partial charge in [0.25, 0.3) is 0 Å². The number of nitrogens with one attached hydrogen (secondary N) is 1. The molecular weight excluding hydrogens is 286 g/mol. The Hall–Kier alpha value is -0.770. The Bertz CT molecular complexity index is 431. The van der Waals surface area contributed by atoms with Gasteiger partial charge in [0.1, 0.15) is 12.4 Å². The van der Waals surface area contributed by atoms with E-state index in [0.717, 1.165) is 42.5 Å². The van der Waals surface area contributed by atoms with Crippen molar-refractivity contribution < 1.29 is 9.47 Å². The molecule has 1 unspecified atom stereocenters. The average molecular weight is 312 g/mol. The summed E-state index contributed by atoms with van der Waals surface area (Å²) in [5.41, 5.74) is 1.11. The molecule has 2 rings (SSSR count). The van der Waals surface area contributed by atoms with Gasteiger partial charge in [-0.15, -0.1) is 0 Å². The van der Waals surface area contributed by atoms with Crippen LogP contribution in [0.2, 0.25) is 5.02 Å². The number of ether oxygens (including phenoxy) is 2. The van der Waals surface area contributed by atoms with Gasteiger partial charge in [0, 0.05) is 23.7 Å². The lowest BCUT2D eigenvalue weighted by Crippen LogP contribution is -2.26. The fraction of sp³-hybridized carbons (Fsp3) is 0.647. The smallest absolute Gasteiger partial charge is 0.124 e. The quantitative estimate of drug-likeness (QED) is 0.824. The molecule has 21 heavy (non-hydrogen) atoms. The number of benzene rings is 1. The van der Waals surface area contributed by atoms with Gasteiger partial charge in [-0.25, -0.2) is 0 Å². The van der Waals surface area contributed by atoms with Crippen LogP contribution in [0.25, 0.3) is 0 Å². The van der Waals surface area contributed by atoms with Crippen LogP contribution < -0.4 is 10.1 Å². The van der Waals surface area contributed by atoms with Crippen LogP contribution in [0.4, 0.5) is 0 Å². The molecule has 1 N–H and O–H groups in total. The standard InChI is InChI=1S/C17H26ClNO2/c1-13(2)10-19-11-14-9-15(18)6-7-17(14)21-12-16-5-3-4-8-20-16/h6-7,9,13,16,19H,3-5,8,10-12H2,1-2H3. The zero-order chi connectivity index (χ0) is 15.1. The SMILES string of the molecule is CC(C)CNCc1cc(Cl)ccc1OCC1CCCCO1. The van der Waals surface area contributed by atoms with Crippen LogP contribution in [0.5, 0.6) is 5.75 Å². The maximum absolute atomic E-state index is 6.10. The Labute approximate surface area is 133 Å². The highest BCUT2D eigenvalue weighted by molar-refractivity contribution is 6.30. The lowest BCUT2D eigenvalue weighted by molar-refractivity contribution is -0.0112. The molecule has 1 aromatic carbocycles. The number of halogens is 1. The Morgan fingerprint density at radius 1 is 1.38 bits per heavy atom. The highest BCUT2D eigenvalue weighted by Crippen LogP contribution is 2.24. The fourth-order valence-corrected chi connectivity index (χ4v) is 2.64. The van der Waals surface area contributed by atoms with Gasteiger partial charge in [0.2, 0.25) is 0 Å². The van der Waals surface area contributed by atoms with Gasteiger partial charge in [-0.1, -0.05) is 25.4 Å². The molecule has 1 heterocycles. The van der Waals surface area contributed by atoms with Gasteiger partial charge in [0.15, 0.2) is 0 Å². The lowest BCUT2D eigenvalue weighted by atomic mass is 10.1. The normalized spacial score (nSPS) is 19.0. The van der Waals surface area contributed by atoms with Crippen molar-refractivity contribution in [1.29, 1.82) is 0 Å². The molecule has 0 bridgehead atoms. The first kappa shape index (κ1) is 16.6. The maximum Gasteiger partial charge on any atom is 0.124 e. The summed E-state index contributed by atoms with van der Waals surface area (Å²) in [7, 11) is 0. The molecule has 1 atom stereocenters. The van der Waals surface area contributed by atoms with Crippen LogP contribution >= 0.6 is 11.6 Å². The number of hydrogen-bond acceptors (Lipinski definition) is 3. The third-order valence-corrected chi connectivity index (χ3v) is 3.82. The van der Waals surface area contributed by atoms with E-state index in [1.54, 1.807) is 0 Å². The number of rotatable bonds is 7. The zero-order valence-electron chi connectivity index (χ0n) is 13.0. The first-order valence-corrected chi connectivity index (χ1v) is 8.26. The van der Waals surface area contributed by atoms with Crippen LogP contribution in [0.15, 0.2) is 18.2 Å². The molecule has 1 saturated heterocycles. The Morgan fingerprint density at radius 3 is 2.95 bits per heavy atom. The van der Waals surface area contributed by atoms with Gasteiger partial charge >= 0.3 is 0 Å². The van der Waals surface area contributed by atoms with Crippen molar-refractivity contribution in [2.45, 2.75) is 45.8 Å². The second-order valence-corrected chi connectivity index (χ2v) is 6.51. The molecule has 4 heteroatoms. The van der Waals surface area contributed by atoms with Crippen molar-refractivity contribution in [3.8, 4) is 5.75 Å². The van der Waals surface area contributed by atoms with Gasteiger partial charge in [-0.05, 0) is 49.9 Å². The molecule has 0 spiro atoms. The molecule has 1 aromatic rings. The van der Waals surface area contributed by atoms with E-state index >= 15 is 0 Å². The molecule has 0 aliphatic carbocycles. The Morgan fingerprint density at radius 2 is 2.24 bits per heavy atom. The van der Waals surface area contributed by atoms with Crippen molar-refractivity contribution in [3.63, 3.8) is 0 Å². The van der Waals surface area contributed by atoms with Crippen LogP contribution in [-0.4, -0.2) is 25.9 Å². The lowest BCUT2D eigenvalue weighted by Gasteiger charge is -2.23. The first-order valence-electron chi connectivity index (χ1n) is 7.88. The molecule has 1 fully saturated rings. The Balaban J connectivity index is 1.90. The van der Waals surface area contributed by atoms with Crippen molar-refractivity contribution in [3.05, 3.63) is 28.8 Å². The molecule has 0 amide bonds. The van der Waals surface area contributed by atoms with Gasteiger partial charge in [-0.3, -0.25) is 0 Å². The highest BCUT2D eigenvalue weighted by Gasteiger charge is 2.15. The third-order valence-electron chi connectivity index (χ3n) is 3.59. The first-order chi connectivity index (χ1) is 10.1. The summed E-state index contributed by atoms with van der Waals surface area (Å²) in [5.74, 6) is 1.54. The minimum atomic E-state index is 0.228. The fourth-order valence-electron chi connectivity index (χ4n) is 2.44. The monoisotopic (exact) mass is 311 g/mol. The van der Waals surface area contributed by atoms with Gasteiger partial charge < -0.3 is 14.8 Å². The van der Waals surface area contributed by atoms with Crippen LogP contribution in [-0.2, 0) is 11.3 Å². The molecule has 1 aliphatic rings. The average Bonchev–Trinajstić information content (AvgIpc) is 2.47. The van der Waals surface area contributed by atoms with E-state index in [2.05, 4.69) is 19.2 Å². The predicted octanol–water partition coefficient (Wildman–Crippen LogP) is 4.03. The molecule has 1 aliphatic heterocycles. The Kier molecular flexibility index (Phi) is 6.81. The molecule has 118 valence electrons. The highest BCUT2D eigenvalue weighted by atomic mass is 35.5. The van der Waals surface area contributed by atoms with Gasteiger partial charge in [-0.2, -0.15) is 0 Å². The molecule has 0 aromatic heterocycles. The molecule has 3 nitrogen and oxygen atoms in total. The van der Waals surface area contributed by atoms with E-state index < -0.39 is 0 Å². The second-order valence-electron chi connectivity index (χ2n) is 6.08. The molecule has 0 saturated carbocycles. The second kappa shape index (κ2) is 8.62. The largest absolute Gasteiger partial charge is 0.491 e. The van der Waals surface area contributed by atoms with E-state index in [9.17, 15) is 0 Å². The zero-order valence-corrected chi connectivity index (χ0v) is 13.8. The predicted molar refractivity (Wildman–Crippen MR) is 87.1 cm³/mol. The summed E-state index contributed by atoms with van der Waals surface area (Å²) in [6, 6.07) is 5.81. The van der Waals surface area contributed by atoms with Crippen molar-refractivity contribution in [2.75, 3.05) is 19.8 Å². The van der Waals surface area contributed by atoms with E-state index in [0.29, 0.717) is 12.5 Å². The summed E-state index contributed by atoms with van der Waals surface area (Å²) in [6.45, 7) is 7.64. The van der Waals surface area contributed by atoms with Crippen molar-refractivity contribution in [1.82, 2.24) is 5.32 Å². The third kappa shape index (κ3) is 5.85. The van der Waals surface area contributed by atoms with Crippen LogP contribution in [0.1, 0.15) is 38.7 Å². The van der Waals surface area contributed by atoms with E-state index in [1.807, 2.05) is 18.2 Å². The van der Waals surface area contributed by atoms with E-state index in [-0.39, 0.29) is 6.10 Å². The van der Waals surface area contributed by atoms with E-state index in [1.165, 1.54) is 12.8 Å². The summed E-state index contributed by atoms with van der Waals surface area (Å²) in [5, 5.41) is 4.18. The molecular formula is C17H26ClNO2. The van der Waals surface area contributed by atoms with Gasteiger partial charge in [0.05, 0.1) is 6.10 Å². The van der Waals surface area contributed by atoms with Crippen molar-refractivity contribution >= 4 is 11.6 Å². The topological polar surface area (TPSA) is 30.5 Å². The van der Waals surface area contributed by atoms with Crippen LogP contribution in [0, 0.1) is 5.92 Å². The summed E-state index contributed by atoms with van der Waals surface area (Å²) in [6.07, 6.45) is 3.72. The number of hydrogen-bond donors (Lipinski definition) is 1. The minimum Gasteiger partial charge on any atom is -0.491 e. The van der Waals surface area contributed by atoms with E-state index in [4.69, 9.17) is 21.1 Å². The van der Waals surface area contributed by atoms with Crippen molar-refractivity contribution in [2.24, 2.45) is 5.92 Å². The summed E-state index contributed by atoms with van der Waals surface area (Å²) < 4.78 is 11.7. The summed E-state index contributed by atoms with van der Waals surface area (Å²) in [4.78, 5) is 0.